The molecule has 2 saturated heterocycles. The number of nitrogen functional groups attached to an aromatic ring is 1. The Morgan fingerprint density at radius 3 is 2.21 bits per heavy atom. The molecule has 66 heavy (non-hydrogen) atoms. The summed E-state index contributed by atoms with van der Waals surface area (Å²) in [6.45, 7) is 7.89. The Kier molecular flexibility index (Phi) is 13.5. The van der Waals surface area contributed by atoms with Crippen LogP contribution >= 0.6 is 0 Å². The van der Waals surface area contributed by atoms with E-state index in [1.165, 1.54) is 13.3 Å². The number of likely N-dealkylation sites (tertiary alicyclic amines) is 1. The largest absolute Gasteiger partial charge is 0.418 e. The summed E-state index contributed by atoms with van der Waals surface area (Å²) >= 11 is 0. The van der Waals surface area contributed by atoms with E-state index in [0.29, 0.717) is 52.0 Å². The van der Waals surface area contributed by atoms with Gasteiger partial charge in [0.2, 0.25) is 11.8 Å². The predicted molar refractivity (Wildman–Crippen MR) is 233 cm³/mol. The zero-order valence-corrected chi connectivity index (χ0v) is 37.4. The van der Waals surface area contributed by atoms with Crippen molar-refractivity contribution in [2.24, 2.45) is 10.8 Å². The average molecular weight is 936 g/mol. The molecule has 9 rings (SSSR count). The molecular weight excluding hydrogens is 889 g/mol. The summed E-state index contributed by atoms with van der Waals surface area (Å²) in [4.78, 5) is 28.3. The first-order valence-corrected chi connectivity index (χ1v) is 24.8. The molecule has 6 aromatic rings. The van der Waals surface area contributed by atoms with Gasteiger partial charge in [-0.1, -0.05) is 19.6 Å². The molecular formula is C44H47F6N11O4Si. The van der Waals surface area contributed by atoms with Gasteiger partial charge < -0.3 is 23.7 Å². The van der Waals surface area contributed by atoms with Crippen LogP contribution in [0.1, 0.15) is 63.6 Å². The summed E-state index contributed by atoms with van der Waals surface area (Å²) in [6.07, 6.45) is 0.513. The fourth-order valence-corrected chi connectivity index (χ4v) is 8.97. The number of methoxy groups -OCH3 is 1. The van der Waals surface area contributed by atoms with Crippen LogP contribution in [0, 0.1) is 23.3 Å². The lowest BCUT2D eigenvalue weighted by atomic mass is 10.0. The summed E-state index contributed by atoms with van der Waals surface area (Å²) in [5, 5.41) is 13.4. The van der Waals surface area contributed by atoms with Gasteiger partial charge in [-0.25, -0.2) is 41.9 Å². The van der Waals surface area contributed by atoms with Crippen molar-refractivity contribution in [2.45, 2.75) is 82.8 Å². The standard InChI is InChI=1S/C26H31F3N6O3Si.C18H16F3N5O/c1-36-14-23-31-32-26(38-23)16-9-20-24(30-12-16)35(15-37-7-8-39(2,3)4)33-25(20)34-13-18(28)11-22(34)19-10-17(27)5-6-21(19)29;19-10-1-2-14(21)12(4-10)16-5-11(20)8-26(16)17-13-3-9(18(27)25-22)6-23-15(13)7-24-17/h5-6,9-10,12,18,22H,7-8,11,13-15H2,1-4H3;1-4,6,11,16H,5,7-8,22H2,(H,25,27)/t18-,22+;11-,16+/m00/s1. The lowest BCUT2D eigenvalue weighted by molar-refractivity contribution is 0.0814. The molecule has 0 spiro atoms. The van der Waals surface area contributed by atoms with Crippen LogP contribution in [0.4, 0.5) is 32.2 Å². The number of aromatic nitrogens is 6. The lowest BCUT2D eigenvalue weighted by Gasteiger charge is -2.27. The monoisotopic (exact) mass is 935 g/mol. The number of nitrogens with two attached hydrogens (primary N) is 1. The number of anilines is 1. The first kappa shape index (κ1) is 46.3. The number of hydrogen-bond acceptors (Lipinski definition) is 13. The number of benzene rings is 2. The maximum atomic E-state index is 14.8. The average Bonchev–Trinajstić information content (AvgIpc) is 4.14. The van der Waals surface area contributed by atoms with E-state index in [-0.39, 0.29) is 68.4 Å². The molecule has 0 radical (unpaired) electrons. The van der Waals surface area contributed by atoms with Crippen LogP contribution in [0.25, 0.3) is 22.5 Å². The van der Waals surface area contributed by atoms with Crippen molar-refractivity contribution < 1.29 is 45.0 Å². The number of nitrogens with zero attached hydrogens (tertiary/aromatic N) is 9. The molecule has 3 aliphatic heterocycles. The smallest absolute Gasteiger partial charge is 0.266 e. The van der Waals surface area contributed by atoms with Gasteiger partial charge in [-0.3, -0.25) is 20.2 Å². The third-order valence-electron chi connectivity index (χ3n) is 11.4. The molecule has 3 N–H and O–H groups in total. The molecule has 15 nitrogen and oxygen atoms in total. The van der Waals surface area contributed by atoms with Gasteiger partial charge in [0.05, 0.1) is 53.9 Å². The second-order valence-corrected chi connectivity index (χ2v) is 23.0. The Balaban J connectivity index is 0.000000192. The number of alkyl halides is 2. The van der Waals surface area contributed by atoms with Crippen LogP contribution in [-0.4, -0.2) is 93.8 Å². The highest BCUT2D eigenvalue weighted by Crippen LogP contribution is 2.42. The maximum Gasteiger partial charge on any atom is 0.266 e. The zero-order chi connectivity index (χ0) is 46.9. The quantitative estimate of drug-likeness (QED) is 0.0309. The van der Waals surface area contributed by atoms with Crippen molar-refractivity contribution in [3.8, 4) is 11.5 Å². The number of amidine groups is 1. The van der Waals surface area contributed by atoms with Crippen molar-refractivity contribution in [3.05, 3.63) is 118 Å². The number of hydrazine groups is 1. The number of amides is 1. The number of carbonyl (C=O) groups excluding carboxylic acids is 1. The van der Waals surface area contributed by atoms with Crippen LogP contribution in [0.3, 0.4) is 0 Å². The molecule has 0 aliphatic carbocycles. The number of pyridine rings is 2. The number of fused-ring (bicyclic) bond motifs is 2. The molecule has 0 bridgehead atoms. The number of ether oxygens (including phenoxy) is 2. The molecule has 0 unspecified atom stereocenters. The van der Waals surface area contributed by atoms with Gasteiger partial charge >= 0.3 is 0 Å². The third-order valence-corrected chi connectivity index (χ3v) is 13.1. The molecule has 2 fully saturated rings. The molecule has 4 atom stereocenters. The van der Waals surface area contributed by atoms with Crippen molar-refractivity contribution in [3.63, 3.8) is 0 Å². The fourth-order valence-electron chi connectivity index (χ4n) is 8.21. The molecule has 22 heteroatoms. The van der Waals surface area contributed by atoms with Crippen LogP contribution in [0.15, 0.2) is 70.3 Å². The molecule has 0 saturated carbocycles. The van der Waals surface area contributed by atoms with Gasteiger partial charge in [-0.2, -0.15) is 5.10 Å². The molecule has 7 heterocycles. The third kappa shape index (κ3) is 9.95. The van der Waals surface area contributed by atoms with E-state index in [2.05, 4.69) is 44.8 Å². The van der Waals surface area contributed by atoms with Gasteiger partial charge in [-0.15, -0.1) is 10.2 Å². The molecule has 2 aromatic carbocycles. The van der Waals surface area contributed by atoms with E-state index < -0.39 is 61.7 Å². The number of rotatable bonds is 12. The van der Waals surface area contributed by atoms with E-state index in [1.807, 2.05) is 5.43 Å². The molecule has 1 amide bonds. The summed E-state index contributed by atoms with van der Waals surface area (Å²) in [6, 6.07) is 9.23. The summed E-state index contributed by atoms with van der Waals surface area (Å²) in [5.41, 5.74) is 4.63. The number of aliphatic imine (C=N–C) groups is 1. The SMILES string of the molecule is COCc1nnc(-c2cnc3c(c2)c(N2C[C@@H](F)C[C@@H]2c2cc(F)ccc2F)nn3COCC[Si](C)(C)C)o1.NNC(=O)c1cnc2c(c1)C(N1C[C@@H](F)C[C@@H]1c1cc(F)ccc1F)=NC2. The van der Waals surface area contributed by atoms with Crippen LogP contribution < -0.4 is 16.2 Å². The van der Waals surface area contributed by atoms with Crippen molar-refractivity contribution in [1.29, 1.82) is 0 Å². The van der Waals surface area contributed by atoms with E-state index in [4.69, 9.17) is 24.8 Å². The summed E-state index contributed by atoms with van der Waals surface area (Å²) < 4.78 is 104. The minimum atomic E-state index is -1.30. The Bertz CT molecular complexity index is 2770. The first-order chi connectivity index (χ1) is 31.6. The Labute approximate surface area is 376 Å². The van der Waals surface area contributed by atoms with Crippen LogP contribution in [-0.2, 0) is 29.4 Å². The predicted octanol–water partition coefficient (Wildman–Crippen LogP) is 7.52. The first-order valence-electron chi connectivity index (χ1n) is 21.1. The normalized spacial score (nSPS) is 19.3. The number of carbonyl (C=O) groups is 1. The lowest BCUT2D eigenvalue weighted by Crippen LogP contribution is -2.33. The van der Waals surface area contributed by atoms with Gasteiger partial charge in [0.1, 0.15) is 54.8 Å². The van der Waals surface area contributed by atoms with Gasteiger partial charge in [0, 0.05) is 63.7 Å². The Morgan fingerprint density at radius 2 is 1.56 bits per heavy atom. The van der Waals surface area contributed by atoms with E-state index in [1.54, 1.807) is 32.8 Å². The van der Waals surface area contributed by atoms with Gasteiger partial charge in [0.25, 0.3) is 5.91 Å². The summed E-state index contributed by atoms with van der Waals surface area (Å²) in [5.74, 6) is 3.59. The van der Waals surface area contributed by atoms with Gasteiger partial charge in [-0.05, 0) is 54.6 Å². The number of hydrogen-bond donors (Lipinski definition) is 2. The van der Waals surface area contributed by atoms with Gasteiger partial charge in [0.15, 0.2) is 11.5 Å². The van der Waals surface area contributed by atoms with E-state index in [9.17, 15) is 31.1 Å². The fraction of sp³-hybridized carbons (Fsp3) is 0.386. The minimum Gasteiger partial charge on any atom is -0.418 e. The Morgan fingerprint density at radius 1 is 0.894 bits per heavy atom. The molecule has 348 valence electrons. The van der Waals surface area contributed by atoms with Crippen LogP contribution in [0.2, 0.25) is 25.7 Å². The zero-order valence-electron chi connectivity index (χ0n) is 36.4. The van der Waals surface area contributed by atoms with Crippen molar-refractivity contribution in [2.75, 3.05) is 31.7 Å². The van der Waals surface area contributed by atoms with Crippen LogP contribution in [0.5, 0.6) is 0 Å². The molecule has 4 aromatic heterocycles. The topological polar surface area (TPSA) is 175 Å². The highest BCUT2D eigenvalue weighted by Gasteiger charge is 2.40. The second-order valence-electron chi connectivity index (χ2n) is 17.4. The Hall–Kier alpha value is -6.23. The maximum absolute atomic E-state index is 14.8. The van der Waals surface area contributed by atoms with E-state index in [0.717, 1.165) is 42.4 Å². The summed E-state index contributed by atoms with van der Waals surface area (Å²) in [7, 11) is 0.227. The highest BCUT2D eigenvalue weighted by atomic mass is 28.3. The second kappa shape index (κ2) is 19.3. The minimum absolute atomic E-state index is 0.00139. The molecule has 3 aliphatic rings. The van der Waals surface area contributed by atoms with Crippen molar-refractivity contribution >= 4 is 36.7 Å². The highest BCUT2D eigenvalue weighted by molar-refractivity contribution is 6.76. The van der Waals surface area contributed by atoms with Crippen molar-refractivity contribution in [1.82, 2.24) is 40.3 Å². The number of halogens is 6. The van der Waals surface area contributed by atoms with E-state index >= 15 is 0 Å². The number of nitrogens with one attached hydrogen (secondary N) is 1.